The first-order valence-corrected chi connectivity index (χ1v) is 4.86. The lowest BCUT2D eigenvalue weighted by molar-refractivity contribution is -0.109. The summed E-state index contributed by atoms with van der Waals surface area (Å²) in [5.74, 6) is 0. The minimum Gasteiger partial charge on any atom is -0.287 e. The van der Waals surface area contributed by atoms with E-state index in [-0.39, 0.29) is 5.12 Å². The number of benzene rings is 1. The summed E-state index contributed by atoms with van der Waals surface area (Å²) >= 11 is 1.26. The standard InChI is InChI=1S/C11H12OS/c1-4-10-5-8(2)6-11(7-10)13-9(3)12/h4-7H,1H2,2-3H3. The molecule has 0 amide bonds. The second-order valence-corrected chi connectivity index (χ2v) is 4.13. The molecule has 13 heavy (non-hydrogen) atoms. The van der Waals surface area contributed by atoms with Gasteiger partial charge in [0.15, 0.2) is 5.12 Å². The summed E-state index contributed by atoms with van der Waals surface area (Å²) < 4.78 is 0. The van der Waals surface area contributed by atoms with Crippen LogP contribution in [0.5, 0.6) is 0 Å². The number of hydrogen-bond acceptors (Lipinski definition) is 2. The van der Waals surface area contributed by atoms with Gasteiger partial charge in [-0.3, -0.25) is 4.79 Å². The smallest absolute Gasteiger partial charge is 0.190 e. The van der Waals surface area contributed by atoms with Gasteiger partial charge in [-0.15, -0.1) is 0 Å². The lowest BCUT2D eigenvalue weighted by atomic mass is 10.1. The first-order valence-electron chi connectivity index (χ1n) is 4.04. The number of carbonyl (C=O) groups is 1. The van der Waals surface area contributed by atoms with E-state index in [4.69, 9.17) is 0 Å². The largest absolute Gasteiger partial charge is 0.287 e. The molecule has 0 aliphatic heterocycles. The summed E-state index contributed by atoms with van der Waals surface area (Å²) in [5, 5.41) is 0.112. The topological polar surface area (TPSA) is 17.1 Å². The van der Waals surface area contributed by atoms with Crippen molar-refractivity contribution in [2.75, 3.05) is 0 Å². The molecule has 0 aliphatic rings. The van der Waals surface area contributed by atoms with Crippen molar-refractivity contribution < 1.29 is 4.79 Å². The Morgan fingerprint density at radius 2 is 2.15 bits per heavy atom. The van der Waals surface area contributed by atoms with Crippen LogP contribution < -0.4 is 0 Å². The summed E-state index contributed by atoms with van der Waals surface area (Å²) in [6.45, 7) is 7.28. The van der Waals surface area contributed by atoms with Crippen LogP contribution in [0.4, 0.5) is 0 Å². The van der Waals surface area contributed by atoms with E-state index in [1.54, 1.807) is 13.0 Å². The van der Waals surface area contributed by atoms with Crippen LogP contribution in [0.25, 0.3) is 6.08 Å². The van der Waals surface area contributed by atoms with E-state index in [0.29, 0.717) is 0 Å². The van der Waals surface area contributed by atoms with Gasteiger partial charge in [0.05, 0.1) is 0 Å². The molecule has 0 saturated carbocycles. The van der Waals surface area contributed by atoms with Crippen LogP contribution in [-0.4, -0.2) is 5.12 Å². The molecular formula is C11H12OS. The van der Waals surface area contributed by atoms with Crippen LogP contribution >= 0.6 is 11.8 Å². The number of aryl methyl sites for hydroxylation is 1. The molecule has 1 rings (SSSR count). The Labute approximate surface area is 82.9 Å². The normalized spacial score (nSPS) is 9.69. The molecule has 0 atom stereocenters. The van der Waals surface area contributed by atoms with Gasteiger partial charge in [-0.2, -0.15) is 0 Å². The maximum atomic E-state index is 10.9. The molecule has 1 aromatic rings. The Hall–Kier alpha value is -1.02. The van der Waals surface area contributed by atoms with E-state index in [2.05, 4.69) is 6.58 Å². The van der Waals surface area contributed by atoms with E-state index < -0.39 is 0 Å². The molecule has 0 aromatic heterocycles. The third kappa shape index (κ3) is 3.07. The zero-order valence-electron chi connectivity index (χ0n) is 7.83. The Morgan fingerprint density at radius 1 is 1.46 bits per heavy atom. The first kappa shape index (κ1) is 10.1. The van der Waals surface area contributed by atoms with Crippen LogP contribution in [0, 0.1) is 6.92 Å². The van der Waals surface area contributed by atoms with Crippen LogP contribution in [0.1, 0.15) is 18.1 Å². The van der Waals surface area contributed by atoms with Crippen LogP contribution in [-0.2, 0) is 4.79 Å². The van der Waals surface area contributed by atoms with Crippen molar-refractivity contribution in [3.8, 4) is 0 Å². The highest BCUT2D eigenvalue weighted by Gasteiger charge is 2.00. The number of thioether (sulfide) groups is 1. The van der Waals surface area contributed by atoms with Gasteiger partial charge in [-0.25, -0.2) is 0 Å². The highest BCUT2D eigenvalue weighted by molar-refractivity contribution is 8.13. The summed E-state index contributed by atoms with van der Waals surface area (Å²) in [6.07, 6.45) is 1.79. The van der Waals surface area contributed by atoms with E-state index in [1.165, 1.54) is 11.8 Å². The monoisotopic (exact) mass is 192 g/mol. The van der Waals surface area contributed by atoms with Gasteiger partial charge >= 0.3 is 0 Å². The number of carbonyl (C=O) groups excluding carboxylic acids is 1. The lowest BCUT2D eigenvalue weighted by Gasteiger charge is -2.01. The Kier molecular flexibility index (Phi) is 3.32. The molecule has 68 valence electrons. The molecule has 1 aromatic carbocycles. The van der Waals surface area contributed by atoms with Gasteiger partial charge < -0.3 is 0 Å². The first-order chi connectivity index (χ1) is 6.11. The fraction of sp³-hybridized carbons (Fsp3) is 0.182. The van der Waals surface area contributed by atoms with E-state index in [0.717, 1.165) is 16.0 Å². The second-order valence-electron chi connectivity index (χ2n) is 2.88. The molecule has 0 unspecified atom stereocenters. The van der Waals surface area contributed by atoms with Gasteiger partial charge in [-0.05, 0) is 30.2 Å². The number of rotatable bonds is 2. The Morgan fingerprint density at radius 3 is 2.69 bits per heavy atom. The van der Waals surface area contributed by atoms with Gasteiger partial charge in [0.1, 0.15) is 0 Å². The Balaban J connectivity index is 3.01. The van der Waals surface area contributed by atoms with Crippen molar-refractivity contribution in [2.45, 2.75) is 18.7 Å². The van der Waals surface area contributed by atoms with Crippen molar-refractivity contribution in [3.05, 3.63) is 35.9 Å². The molecule has 0 heterocycles. The predicted molar refractivity (Wildman–Crippen MR) is 57.8 cm³/mol. The van der Waals surface area contributed by atoms with Crippen LogP contribution in [0.15, 0.2) is 29.7 Å². The van der Waals surface area contributed by atoms with Crippen LogP contribution in [0.3, 0.4) is 0 Å². The minimum absolute atomic E-state index is 0.112. The van der Waals surface area contributed by atoms with Crippen molar-refractivity contribution in [1.82, 2.24) is 0 Å². The predicted octanol–water partition coefficient (Wildman–Crippen LogP) is 3.28. The van der Waals surface area contributed by atoms with Gasteiger partial charge in [0.25, 0.3) is 0 Å². The summed E-state index contributed by atoms with van der Waals surface area (Å²) in [7, 11) is 0. The van der Waals surface area contributed by atoms with E-state index in [1.807, 2.05) is 25.1 Å². The zero-order valence-corrected chi connectivity index (χ0v) is 8.65. The lowest BCUT2D eigenvalue weighted by Crippen LogP contribution is -1.84. The highest BCUT2D eigenvalue weighted by atomic mass is 32.2. The third-order valence-electron chi connectivity index (χ3n) is 1.57. The fourth-order valence-electron chi connectivity index (χ4n) is 1.12. The molecule has 0 spiro atoms. The fourth-order valence-corrected chi connectivity index (χ4v) is 1.89. The van der Waals surface area contributed by atoms with Gasteiger partial charge in [-0.1, -0.05) is 30.5 Å². The molecule has 1 nitrogen and oxygen atoms in total. The second kappa shape index (κ2) is 4.28. The van der Waals surface area contributed by atoms with Crippen molar-refractivity contribution in [2.24, 2.45) is 0 Å². The molecular weight excluding hydrogens is 180 g/mol. The molecule has 0 saturated heterocycles. The Bertz CT molecular complexity index is 342. The molecule has 0 fully saturated rings. The summed E-state index contributed by atoms with van der Waals surface area (Å²) in [5.41, 5.74) is 2.21. The van der Waals surface area contributed by atoms with Crippen molar-refractivity contribution in [3.63, 3.8) is 0 Å². The van der Waals surface area contributed by atoms with Crippen molar-refractivity contribution >= 4 is 23.0 Å². The molecule has 0 bridgehead atoms. The van der Waals surface area contributed by atoms with Gasteiger partial charge in [0, 0.05) is 11.8 Å². The SMILES string of the molecule is C=Cc1cc(C)cc(SC(C)=O)c1. The summed E-state index contributed by atoms with van der Waals surface area (Å²) in [6, 6.07) is 6.00. The highest BCUT2D eigenvalue weighted by Crippen LogP contribution is 2.22. The van der Waals surface area contributed by atoms with E-state index in [9.17, 15) is 4.79 Å². The minimum atomic E-state index is 0.112. The average molecular weight is 192 g/mol. The van der Waals surface area contributed by atoms with Crippen LogP contribution in [0.2, 0.25) is 0 Å². The average Bonchev–Trinajstić information content (AvgIpc) is 2.01. The molecule has 0 N–H and O–H groups in total. The maximum absolute atomic E-state index is 10.9. The van der Waals surface area contributed by atoms with Gasteiger partial charge in [0.2, 0.25) is 0 Å². The molecule has 0 radical (unpaired) electrons. The molecule has 2 heteroatoms. The third-order valence-corrected chi connectivity index (χ3v) is 2.33. The van der Waals surface area contributed by atoms with E-state index >= 15 is 0 Å². The van der Waals surface area contributed by atoms with Crippen molar-refractivity contribution in [1.29, 1.82) is 0 Å². The maximum Gasteiger partial charge on any atom is 0.190 e. The number of hydrogen-bond donors (Lipinski definition) is 0. The zero-order chi connectivity index (χ0) is 9.84. The summed E-state index contributed by atoms with van der Waals surface area (Å²) in [4.78, 5) is 11.8. The molecule has 0 aliphatic carbocycles. The quantitative estimate of drug-likeness (QED) is 0.669.